The van der Waals surface area contributed by atoms with Crippen LogP contribution in [0.4, 0.5) is 0 Å². The molecule has 1 amide bonds. The van der Waals surface area contributed by atoms with Crippen molar-refractivity contribution in [1.82, 2.24) is 10.2 Å². The van der Waals surface area contributed by atoms with Crippen LogP contribution in [0.5, 0.6) is 0 Å². The van der Waals surface area contributed by atoms with E-state index < -0.39 is 0 Å². The highest BCUT2D eigenvalue weighted by Gasteiger charge is 2.32. The van der Waals surface area contributed by atoms with Crippen molar-refractivity contribution in [3.63, 3.8) is 0 Å². The van der Waals surface area contributed by atoms with Gasteiger partial charge >= 0.3 is 0 Å². The van der Waals surface area contributed by atoms with Gasteiger partial charge in [0.25, 0.3) is 0 Å². The second-order valence-corrected chi connectivity index (χ2v) is 4.65. The Kier molecular flexibility index (Phi) is 4.75. The fraction of sp³-hybridized carbons (Fsp3) is 0.833. The van der Waals surface area contributed by atoms with Crippen LogP contribution in [0.1, 0.15) is 20.8 Å². The highest BCUT2D eigenvalue weighted by atomic mass is 16.2. The minimum atomic E-state index is -0.0893. The fourth-order valence-electron chi connectivity index (χ4n) is 2.12. The van der Waals surface area contributed by atoms with Crippen molar-refractivity contribution in [1.29, 1.82) is 5.26 Å². The molecule has 0 spiro atoms. The summed E-state index contributed by atoms with van der Waals surface area (Å²) < 4.78 is 0. The Morgan fingerprint density at radius 2 is 2.31 bits per heavy atom. The van der Waals surface area contributed by atoms with Gasteiger partial charge in [-0.05, 0) is 26.3 Å². The van der Waals surface area contributed by atoms with Crippen LogP contribution in [0, 0.1) is 29.1 Å². The first-order chi connectivity index (χ1) is 7.60. The lowest BCUT2D eigenvalue weighted by Crippen LogP contribution is -2.40. The number of amides is 1. The first-order valence-corrected chi connectivity index (χ1v) is 5.99. The monoisotopic (exact) mass is 223 g/mol. The van der Waals surface area contributed by atoms with E-state index in [2.05, 4.69) is 18.3 Å². The molecule has 0 saturated carbocycles. The molecule has 16 heavy (non-hydrogen) atoms. The number of rotatable bonds is 4. The molecule has 90 valence electrons. The van der Waals surface area contributed by atoms with Crippen LogP contribution in [0.3, 0.4) is 0 Å². The summed E-state index contributed by atoms with van der Waals surface area (Å²) in [5.41, 5.74) is 0. The zero-order valence-electron chi connectivity index (χ0n) is 10.4. The third kappa shape index (κ3) is 2.96. The number of hydrogen-bond donors (Lipinski definition) is 1. The summed E-state index contributed by atoms with van der Waals surface area (Å²) in [6.07, 6.45) is 0. The van der Waals surface area contributed by atoms with Gasteiger partial charge in [-0.15, -0.1) is 0 Å². The Labute approximate surface area is 97.6 Å². The van der Waals surface area contributed by atoms with Crippen molar-refractivity contribution < 1.29 is 4.79 Å². The van der Waals surface area contributed by atoms with E-state index in [1.807, 2.05) is 18.7 Å². The average Bonchev–Trinajstić information content (AvgIpc) is 2.71. The molecule has 1 aliphatic heterocycles. The lowest BCUT2D eigenvalue weighted by molar-refractivity contribution is -0.136. The molecule has 0 aromatic rings. The molecule has 1 heterocycles. The van der Waals surface area contributed by atoms with Crippen LogP contribution >= 0.6 is 0 Å². The lowest BCUT2D eigenvalue weighted by atomic mass is 9.96. The Hall–Kier alpha value is -1.08. The zero-order chi connectivity index (χ0) is 12.1. The van der Waals surface area contributed by atoms with Crippen molar-refractivity contribution in [3.8, 4) is 6.07 Å². The van der Waals surface area contributed by atoms with Crippen molar-refractivity contribution in [3.05, 3.63) is 0 Å². The summed E-state index contributed by atoms with van der Waals surface area (Å²) in [6.45, 7) is 8.85. The molecule has 1 fully saturated rings. The molecule has 1 unspecified atom stereocenters. The SMILES string of the molecule is CCN(CC(C)C#N)C(=O)[C@@H]1CNC[C@H]1C. The molecule has 4 nitrogen and oxygen atoms in total. The summed E-state index contributed by atoms with van der Waals surface area (Å²) in [5, 5.41) is 12.0. The molecule has 1 aliphatic rings. The fourth-order valence-corrected chi connectivity index (χ4v) is 2.12. The van der Waals surface area contributed by atoms with Crippen LogP contribution in [-0.4, -0.2) is 37.0 Å². The van der Waals surface area contributed by atoms with E-state index in [9.17, 15) is 4.79 Å². The predicted octanol–water partition coefficient (Wildman–Crippen LogP) is 0.850. The van der Waals surface area contributed by atoms with E-state index in [-0.39, 0.29) is 17.7 Å². The molecule has 1 saturated heterocycles. The van der Waals surface area contributed by atoms with Gasteiger partial charge < -0.3 is 10.2 Å². The second-order valence-electron chi connectivity index (χ2n) is 4.65. The van der Waals surface area contributed by atoms with Crippen LogP contribution in [0.25, 0.3) is 0 Å². The number of nitrogens with zero attached hydrogens (tertiary/aromatic N) is 2. The maximum atomic E-state index is 12.2. The van der Waals surface area contributed by atoms with Crippen molar-refractivity contribution in [2.75, 3.05) is 26.2 Å². The van der Waals surface area contributed by atoms with E-state index in [0.717, 1.165) is 13.1 Å². The molecule has 1 rings (SSSR count). The smallest absolute Gasteiger partial charge is 0.227 e. The van der Waals surface area contributed by atoms with Gasteiger partial charge in [-0.2, -0.15) is 5.26 Å². The van der Waals surface area contributed by atoms with Gasteiger partial charge in [-0.25, -0.2) is 0 Å². The van der Waals surface area contributed by atoms with E-state index in [1.54, 1.807) is 0 Å². The summed E-state index contributed by atoms with van der Waals surface area (Å²) >= 11 is 0. The van der Waals surface area contributed by atoms with Gasteiger partial charge in [0, 0.05) is 19.6 Å². The Bertz CT molecular complexity index is 284. The third-order valence-corrected chi connectivity index (χ3v) is 3.24. The summed E-state index contributed by atoms with van der Waals surface area (Å²) in [6, 6.07) is 2.18. The quantitative estimate of drug-likeness (QED) is 0.768. The van der Waals surface area contributed by atoms with Crippen LogP contribution in [0.2, 0.25) is 0 Å². The molecule has 3 atom stereocenters. The van der Waals surface area contributed by atoms with Gasteiger partial charge in [0.1, 0.15) is 0 Å². The molecule has 0 bridgehead atoms. The first kappa shape index (κ1) is 13.0. The lowest BCUT2D eigenvalue weighted by Gasteiger charge is -2.26. The van der Waals surface area contributed by atoms with Crippen molar-refractivity contribution in [2.24, 2.45) is 17.8 Å². The standard InChI is InChI=1S/C12H21N3O/c1-4-15(8-9(2)5-13)12(16)11-7-14-6-10(11)3/h9-11,14H,4,6-8H2,1-3H3/t9?,10-,11-/m1/s1. The predicted molar refractivity (Wildman–Crippen MR) is 62.6 cm³/mol. The highest BCUT2D eigenvalue weighted by Crippen LogP contribution is 2.19. The van der Waals surface area contributed by atoms with E-state index >= 15 is 0 Å². The maximum absolute atomic E-state index is 12.2. The van der Waals surface area contributed by atoms with E-state index in [1.165, 1.54) is 0 Å². The minimum Gasteiger partial charge on any atom is -0.341 e. The summed E-state index contributed by atoms with van der Waals surface area (Å²) in [5.74, 6) is 0.598. The number of carbonyl (C=O) groups excluding carboxylic acids is 1. The largest absolute Gasteiger partial charge is 0.341 e. The second kappa shape index (κ2) is 5.86. The summed E-state index contributed by atoms with van der Waals surface area (Å²) in [7, 11) is 0. The first-order valence-electron chi connectivity index (χ1n) is 5.99. The van der Waals surface area contributed by atoms with E-state index in [4.69, 9.17) is 5.26 Å². The normalized spacial score (nSPS) is 26.1. The van der Waals surface area contributed by atoms with Crippen LogP contribution < -0.4 is 5.32 Å². The molecule has 0 aromatic carbocycles. The van der Waals surface area contributed by atoms with Crippen LogP contribution in [-0.2, 0) is 4.79 Å². The van der Waals surface area contributed by atoms with Gasteiger partial charge in [0.05, 0.1) is 17.9 Å². The third-order valence-electron chi connectivity index (χ3n) is 3.24. The molecular weight excluding hydrogens is 202 g/mol. The number of nitriles is 1. The molecule has 0 aromatic heterocycles. The molecule has 4 heteroatoms. The van der Waals surface area contributed by atoms with Gasteiger partial charge in [-0.1, -0.05) is 6.92 Å². The number of hydrogen-bond acceptors (Lipinski definition) is 3. The molecular formula is C12H21N3O. The maximum Gasteiger partial charge on any atom is 0.227 e. The Balaban J connectivity index is 2.59. The van der Waals surface area contributed by atoms with E-state index in [0.29, 0.717) is 19.0 Å². The average molecular weight is 223 g/mol. The Morgan fingerprint density at radius 3 is 2.75 bits per heavy atom. The topological polar surface area (TPSA) is 56.1 Å². The van der Waals surface area contributed by atoms with Crippen molar-refractivity contribution >= 4 is 5.91 Å². The minimum absolute atomic E-state index is 0.0887. The van der Waals surface area contributed by atoms with Gasteiger partial charge in [0.15, 0.2) is 0 Å². The number of nitrogens with one attached hydrogen (secondary N) is 1. The van der Waals surface area contributed by atoms with Crippen LogP contribution in [0.15, 0.2) is 0 Å². The van der Waals surface area contributed by atoms with Crippen molar-refractivity contribution in [2.45, 2.75) is 20.8 Å². The summed E-state index contributed by atoms with van der Waals surface area (Å²) in [4.78, 5) is 14.0. The molecule has 0 aliphatic carbocycles. The highest BCUT2D eigenvalue weighted by molar-refractivity contribution is 5.79. The number of carbonyl (C=O) groups is 1. The Morgan fingerprint density at radius 1 is 1.62 bits per heavy atom. The van der Waals surface area contributed by atoms with Gasteiger partial charge in [0.2, 0.25) is 5.91 Å². The molecule has 1 N–H and O–H groups in total. The zero-order valence-corrected chi connectivity index (χ0v) is 10.4. The van der Waals surface area contributed by atoms with Gasteiger partial charge in [-0.3, -0.25) is 4.79 Å². The molecule has 0 radical (unpaired) electrons.